The number of likely N-dealkylation sites (N-methyl/N-ethyl adjacent to an activating group) is 1. The molecule has 3 atom stereocenters. The topological polar surface area (TPSA) is 27.3 Å². The molecule has 1 aliphatic carbocycles. The van der Waals surface area contributed by atoms with E-state index in [-0.39, 0.29) is 11.2 Å². The summed E-state index contributed by atoms with van der Waals surface area (Å²) in [5.41, 5.74) is -0.961. The Balaban J connectivity index is 2.71. The van der Waals surface area contributed by atoms with Crippen molar-refractivity contribution < 1.29 is 13.2 Å². The average molecular weight is 339 g/mol. The van der Waals surface area contributed by atoms with Gasteiger partial charge in [0.1, 0.15) is 6.04 Å². The van der Waals surface area contributed by atoms with Gasteiger partial charge in [-0.05, 0) is 44.6 Å². The molecule has 130 valence electrons. The Morgan fingerprint density at radius 3 is 2.14 bits per heavy atom. The number of halogens is 3. The number of nitrogens with zero attached hydrogens (tertiary/aromatic N) is 1. The number of rotatable bonds is 3. The molecule has 7 heteroatoms. The van der Waals surface area contributed by atoms with Gasteiger partial charge in [0.25, 0.3) is 0 Å². The SMILES string of the molecule is CN(C)[C@H]1CCCC[C@@H]1NC(=S)N[C@H](C(C)(C)C)C(F)(F)F. The van der Waals surface area contributed by atoms with Crippen LogP contribution in [0, 0.1) is 5.41 Å². The summed E-state index contributed by atoms with van der Waals surface area (Å²) < 4.78 is 39.6. The van der Waals surface area contributed by atoms with Gasteiger partial charge in [-0.25, -0.2) is 0 Å². The normalized spacial score (nSPS) is 25.0. The molecule has 22 heavy (non-hydrogen) atoms. The Kier molecular flexibility index (Phi) is 6.50. The van der Waals surface area contributed by atoms with Gasteiger partial charge in [-0.2, -0.15) is 13.2 Å². The van der Waals surface area contributed by atoms with Crippen molar-refractivity contribution in [3.05, 3.63) is 0 Å². The van der Waals surface area contributed by atoms with Crippen LogP contribution in [0.1, 0.15) is 46.5 Å². The molecule has 0 saturated heterocycles. The van der Waals surface area contributed by atoms with Crippen LogP contribution in [0.3, 0.4) is 0 Å². The first-order valence-electron chi connectivity index (χ1n) is 7.73. The second kappa shape index (κ2) is 7.34. The molecule has 0 aliphatic heterocycles. The number of hydrogen-bond acceptors (Lipinski definition) is 2. The highest BCUT2D eigenvalue weighted by Crippen LogP contribution is 2.33. The predicted molar refractivity (Wildman–Crippen MR) is 87.9 cm³/mol. The highest BCUT2D eigenvalue weighted by molar-refractivity contribution is 7.80. The molecule has 1 rings (SSSR count). The van der Waals surface area contributed by atoms with Crippen molar-refractivity contribution in [1.29, 1.82) is 0 Å². The van der Waals surface area contributed by atoms with Crippen LogP contribution in [-0.2, 0) is 0 Å². The fourth-order valence-electron chi connectivity index (χ4n) is 3.03. The van der Waals surface area contributed by atoms with Crippen molar-refractivity contribution in [1.82, 2.24) is 15.5 Å². The van der Waals surface area contributed by atoms with Crippen LogP contribution in [0.25, 0.3) is 0 Å². The summed E-state index contributed by atoms with van der Waals surface area (Å²) in [7, 11) is 3.99. The molecule has 0 aromatic carbocycles. The van der Waals surface area contributed by atoms with Gasteiger partial charge in [0.2, 0.25) is 0 Å². The van der Waals surface area contributed by atoms with E-state index < -0.39 is 17.6 Å². The molecule has 0 unspecified atom stereocenters. The van der Waals surface area contributed by atoms with Gasteiger partial charge >= 0.3 is 6.18 Å². The lowest BCUT2D eigenvalue weighted by atomic mass is 9.86. The summed E-state index contributed by atoms with van der Waals surface area (Å²) >= 11 is 5.15. The first-order valence-corrected chi connectivity index (χ1v) is 8.14. The number of hydrogen-bond donors (Lipinski definition) is 2. The van der Waals surface area contributed by atoms with Crippen LogP contribution < -0.4 is 10.6 Å². The third-order valence-electron chi connectivity index (χ3n) is 4.18. The Bertz CT molecular complexity index is 363. The molecule has 0 heterocycles. The molecular weight excluding hydrogens is 311 g/mol. The zero-order valence-corrected chi connectivity index (χ0v) is 14.9. The van der Waals surface area contributed by atoms with Crippen molar-refractivity contribution in [3.8, 4) is 0 Å². The van der Waals surface area contributed by atoms with Crippen LogP contribution in [-0.4, -0.2) is 48.4 Å². The first-order chi connectivity index (χ1) is 9.93. The molecular formula is C15H28F3N3S. The minimum Gasteiger partial charge on any atom is -0.358 e. The van der Waals surface area contributed by atoms with E-state index in [0.717, 1.165) is 25.7 Å². The molecule has 0 radical (unpaired) electrons. The van der Waals surface area contributed by atoms with E-state index in [1.54, 1.807) is 20.8 Å². The van der Waals surface area contributed by atoms with Gasteiger partial charge in [0.15, 0.2) is 5.11 Å². The molecule has 1 saturated carbocycles. The van der Waals surface area contributed by atoms with E-state index in [0.29, 0.717) is 6.04 Å². The van der Waals surface area contributed by atoms with Gasteiger partial charge in [0, 0.05) is 12.1 Å². The molecule has 3 nitrogen and oxygen atoms in total. The zero-order valence-electron chi connectivity index (χ0n) is 14.0. The third kappa shape index (κ3) is 5.57. The average Bonchev–Trinajstić information content (AvgIpc) is 2.33. The fraction of sp³-hybridized carbons (Fsp3) is 0.933. The van der Waals surface area contributed by atoms with Crippen molar-refractivity contribution in [2.24, 2.45) is 5.41 Å². The number of nitrogens with one attached hydrogen (secondary N) is 2. The van der Waals surface area contributed by atoms with Crippen LogP contribution >= 0.6 is 12.2 Å². The minimum absolute atomic E-state index is 0.0935. The van der Waals surface area contributed by atoms with Gasteiger partial charge in [-0.1, -0.05) is 33.6 Å². The molecule has 0 bridgehead atoms. The van der Waals surface area contributed by atoms with Gasteiger partial charge in [-0.3, -0.25) is 0 Å². The maximum Gasteiger partial charge on any atom is 0.409 e. The summed E-state index contributed by atoms with van der Waals surface area (Å²) in [6.07, 6.45) is -0.148. The van der Waals surface area contributed by atoms with Crippen LogP contribution in [0.5, 0.6) is 0 Å². The van der Waals surface area contributed by atoms with Crippen LogP contribution in [0.2, 0.25) is 0 Å². The zero-order chi connectivity index (χ0) is 17.1. The number of alkyl halides is 3. The van der Waals surface area contributed by atoms with Gasteiger partial charge in [-0.15, -0.1) is 0 Å². The smallest absolute Gasteiger partial charge is 0.358 e. The Morgan fingerprint density at radius 2 is 1.68 bits per heavy atom. The molecule has 0 aromatic heterocycles. The van der Waals surface area contributed by atoms with Crippen molar-refractivity contribution in [3.63, 3.8) is 0 Å². The predicted octanol–water partition coefficient (Wildman–Crippen LogP) is 3.30. The van der Waals surface area contributed by atoms with Crippen molar-refractivity contribution in [2.75, 3.05) is 14.1 Å². The van der Waals surface area contributed by atoms with Gasteiger partial charge in [0.05, 0.1) is 0 Å². The lowest BCUT2D eigenvalue weighted by Gasteiger charge is -2.39. The lowest BCUT2D eigenvalue weighted by molar-refractivity contribution is -0.173. The summed E-state index contributed by atoms with van der Waals surface area (Å²) in [4.78, 5) is 2.12. The lowest BCUT2D eigenvalue weighted by Crippen LogP contribution is -2.59. The molecule has 2 N–H and O–H groups in total. The summed E-state index contributed by atoms with van der Waals surface area (Å²) in [6, 6.07) is -1.27. The maximum absolute atomic E-state index is 13.2. The van der Waals surface area contributed by atoms with E-state index >= 15 is 0 Å². The maximum atomic E-state index is 13.2. The van der Waals surface area contributed by atoms with E-state index in [1.165, 1.54) is 0 Å². The molecule has 0 amide bonds. The third-order valence-corrected chi connectivity index (χ3v) is 4.41. The minimum atomic E-state index is -4.34. The highest BCUT2D eigenvalue weighted by atomic mass is 32.1. The van der Waals surface area contributed by atoms with Crippen LogP contribution in [0.4, 0.5) is 13.2 Å². The quantitative estimate of drug-likeness (QED) is 0.772. The Hall–Kier alpha value is -0.560. The van der Waals surface area contributed by atoms with E-state index in [2.05, 4.69) is 15.5 Å². The Morgan fingerprint density at radius 1 is 1.14 bits per heavy atom. The standard InChI is InChI=1S/C15H28F3N3S/c1-14(2,3)12(15(16,17)18)20-13(22)19-10-8-6-7-9-11(10)21(4)5/h10-12H,6-9H2,1-5H3,(H2,19,20,22)/t10-,11-,12+/m0/s1. The van der Waals surface area contributed by atoms with E-state index in [4.69, 9.17) is 12.2 Å². The second-order valence-electron chi connectivity index (χ2n) is 7.38. The van der Waals surface area contributed by atoms with Gasteiger partial charge < -0.3 is 15.5 Å². The molecule has 0 spiro atoms. The fourth-order valence-corrected chi connectivity index (χ4v) is 3.30. The van der Waals surface area contributed by atoms with Crippen molar-refractivity contribution >= 4 is 17.3 Å². The summed E-state index contributed by atoms with van der Waals surface area (Å²) in [6.45, 7) is 4.68. The summed E-state index contributed by atoms with van der Waals surface area (Å²) in [5, 5.41) is 5.68. The Labute approximate surface area is 137 Å². The molecule has 1 aliphatic rings. The highest BCUT2D eigenvalue weighted by Gasteiger charge is 2.47. The first kappa shape index (κ1) is 19.5. The second-order valence-corrected chi connectivity index (χ2v) is 7.79. The van der Waals surface area contributed by atoms with E-state index in [1.807, 2.05) is 14.1 Å². The molecule has 1 fully saturated rings. The molecule has 0 aromatic rings. The van der Waals surface area contributed by atoms with E-state index in [9.17, 15) is 13.2 Å². The number of thiocarbonyl (C=S) groups is 1. The summed E-state index contributed by atoms with van der Waals surface area (Å²) in [5.74, 6) is 0. The monoisotopic (exact) mass is 339 g/mol. The van der Waals surface area contributed by atoms with Crippen molar-refractivity contribution in [2.45, 2.75) is 70.8 Å². The van der Waals surface area contributed by atoms with Crippen LogP contribution in [0.15, 0.2) is 0 Å². The largest absolute Gasteiger partial charge is 0.409 e.